The summed E-state index contributed by atoms with van der Waals surface area (Å²) >= 11 is 0. The van der Waals surface area contributed by atoms with Gasteiger partial charge in [-0.3, -0.25) is 4.79 Å². The number of alkyl carbamates (subject to hydrolysis) is 1. The summed E-state index contributed by atoms with van der Waals surface area (Å²) in [5, 5.41) is 10.7. The number of hydrogen-bond donors (Lipinski definition) is 1. The summed E-state index contributed by atoms with van der Waals surface area (Å²) in [5.74, 6) is 0.390. The van der Waals surface area contributed by atoms with Crippen molar-refractivity contribution >= 4 is 11.9 Å². The molecule has 7 nitrogen and oxygen atoms in total. The summed E-state index contributed by atoms with van der Waals surface area (Å²) < 4.78 is 6.91. The second-order valence-corrected chi connectivity index (χ2v) is 6.48. The summed E-state index contributed by atoms with van der Waals surface area (Å²) in [4.78, 5) is 22.7. The van der Waals surface area contributed by atoms with Crippen LogP contribution >= 0.6 is 0 Å². The van der Waals surface area contributed by atoms with Crippen LogP contribution in [0.3, 0.4) is 0 Å². The van der Waals surface area contributed by atoms with E-state index >= 15 is 0 Å². The van der Waals surface area contributed by atoms with Crippen LogP contribution < -0.4 is 5.32 Å². The molecule has 1 saturated carbocycles. The predicted octanol–water partition coefficient (Wildman–Crippen LogP) is 1.84. The lowest BCUT2D eigenvalue weighted by atomic mass is 9.78. The van der Waals surface area contributed by atoms with Gasteiger partial charge in [-0.1, -0.05) is 5.21 Å². The maximum atomic E-state index is 11.5. The van der Waals surface area contributed by atoms with Crippen LogP contribution in [-0.4, -0.2) is 32.5 Å². The molecular weight excluding hydrogens is 272 g/mol. The van der Waals surface area contributed by atoms with Crippen molar-refractivity contribution in [1.29, 1.82) is 0 Å². The van der Waals surface area contributed by atoms with Gasteiger partial charge in [0.25, 0.3) is 0 Å². The summed E-state index contributed by atoms with van der Waals surface area (Å²) in [7, 11) is 0. The molecule has 1 aromatic heterocycles. The molecule has 0 saturated heterocycles. The van der Waals surface area contributed by atoms with Crippen molar-refractivity contribution in [3.8, 4) is 0 Å². The number of ketones is 1. The molecule has 0 unspecified atom stereocenters. The van der Waals surface area contributed by atoms with Gasteiger partial charge >= 0.3 is 6.09 Å². The van der Waals surface area contributed by atoms with E-state index < -0.39 is 11.7 Å². The quantitative estimate of drug-likeness (QED) is 0.915. The van der Waals surface area contributed by atoms with Gasteiger partial charge in [0.15, 0.2) is 0 Å². The van der Waals surface area contributed by atoms with Gasteiger partial charge in [-0.25, -0.2) is 9.48 Å². The maximum Gasteiger partial charge on any atom is 0.407 e. The standard InChI is InChI=1S/C14H22N4O3/c1-9(19)10-5-12(6-10)18-8-11(16-17-18)7-15-13(20)21-14(2,3)4/h8,10,12H,5-7H2,1-4H3,(H,15,20). The molecule has 0 aromatic carbocycles. The third-order valence-corrected chi connectivity index (χ3v) is 3.43. The third-order valence-electron chi connectivity index (χ3n) is 3.43. The van der Waals surface area contributed by atoms with Crippen molar-refractivity contribution in [3.05, 3.63) is 11.9 Å². The molecule has 0 atom stereocenters. The van der Waals surface area contributed by atoms with E-state index in [-0.39, 0.29) is 24.3 Å². The van der Waals surface area contributed by atoms with E-state index in [0.717, 1.165) is 12.8 Å². The minimum absolute atomic E-state index is 0.155. The lowest BCUT2D eigenvalue weighted by Crippen LogP contribution is -2.32. The van der Waals surface area contributed by atoms with E-state index in [1.807, 2.05) is 20.8 Å². The van der Waals surface area contributed by atoms with Gasteiger partial charge in [0.2, 0.25) is 0 Å². The monoisotopic (exact) mass is 294 g/mol. The number of aromatic nitrogens is 3. The average molecular weight is 294 g/mol. The molecule has 1 aliphatic rings. The van der Waals surface area contributed by atoms with Crippen LogP contribution in [0.1, 0.15) is 52.3 Å². The number of nitrogens with zero attached hydrogens (tertiary/aromatic N) is 3. The lowest BCUT2D eigenvalue weighted by Gasteiger charge is -2.33. The molecule has 0 radical (unpaired) electrons. The van der Waals surface area contributed by atoms with E-state index in [1.54, 1.807) is 17.8 Å². The summed E-state index contributed by atoms with van der Waals surface area (Å²) in [6.45, 7) is 7.33. The normalized spacial score (nSPS) is 21.5. The molecule has 116 valence electrons. The predicted molar refractivity (Wildman–Crippen MR) is 75.5 cm³/mol. The number of amides is 1. The van der Waals surface area contributed by atoms with Gasteiger partial charge in [0.1, 0.15) is 17.1 Å². The van der Waals surface area contributed by atoms with Crippen molar-refractivity contribution in [2.24, 2.45) is 5.92 Å². The van der Waals surface area contributed by atoms with Gasteiger partial charge in [-0.2, -0.15) is 0 Å². The SMILES string of the molecule is CC(=O)C1CC(n2cc(CNC(=O)OC(C)(C)C)nn2)C1. The van der Waals surface area contributed by atoms with Crippen LogP contribution in [-0.2, 0) is 16.1 Å². The Bertz CT molecular complexity index is 527. The molecule has 0 spiro atoms. The molecule has 1 aliphatic carbocycles. The Kier molecular flexibility index (Phi) is 4.29. The highest BCUT2D eigenvalue weighted by molar-refractivity contribution is 5.79. The number of hydrogen-bond acceptors (Lipinski definition) is 5. The molecule has 1 amide bonds. The fraction of sp³-hybridized carbons (Fsp3) is 0.714. The number of Topliss-reactive ketones (excluding diaryl/α,β-unsaturated/α-hetero) is 1. The minimum Gasteiger partial charge on any atom is -0.444 e. The molecular formula is C14H22N4O3. The first kappa shape index (κ1) is 15.5. The second-order valence-electron chi connectivity index (χ2n) is 6.48. The van der Waals surface area contributed by atoms with E-state index in [1.165, 1.54) is 0 Å². The Morgan fingerprint density at radius 1 is 1.43 bits per heavy atom. The zero-order valence-corrected chi connectivity index (χ0v) is 12.9. The molecule has 1 aromatic rings. The topological polar surface area (TPSA) is 86.1 Å². The third kappa shape index (κ3) is 4.27. The van der Waals surface area contributed by atoms with E-state index in [9.17, 15) is 9.59 Å². The fourth-order valence-corrected chi connectivity index (χ4v) is 2.19. The Labute approximate surface area is 124 Å². The molecule has 2 rings (SSSR count). The van der Waals surface area contributed by atoms with Crippen molar-refractivity contribution < 1.29 is 14.3 Å². The van der Waals surface area contributed by atoms with Crippen molar-refractivity contribution in [1.82, 2.24) is 20.3 Å². The highest BCUT2D eigenvalue weighted by Crippen LogP contribution is 2.37. The molecule has 1 N–H and O–H groups in total. The first-order valence-electron chi connectivity index (χ1n) is 7.12. The summed E-state index contributed by atoms with van der Waals surface area (Å²) in [6.07, 6.45) is 2.96. The molecule has 0 bridgehead atoms. The summed E-state index contributed by atoms with van der Waals surface area (Å²) in [5.41, 5.74) is 0.155. The molecule has 1 heterocycles. The molecule has 1 fully saturated rings. The first-order valence-corrected chi connectivity index (χ1v) is 7.12. The van der Waals surface area contributed by atoms with Crippen LogP contribution in [0.15, 0.2) is 6.20 Å². The van der Waals surface area contributed by atoms with Gasteiger partial charge in [-0.15, -0.1) is 5.10 Å². The van der Waals surface area contributed by atoms with Crippen molar-refractivity contribution in [2.75, 3.05) is 0 Å². The van der Waals surface area contributed by atoms with Crippen molar-refractivity contribution in [3.63, 3.8) is 0 Å². The van der Waals surface area contributed by atoms with Gasteiger partial charge in [0, 0.05) is 5.92 Å². The largest absolute Gasteiger partial charge is 0.444 e. The Morgan fingerprint density at radius 3 is 2.67 bits per heavy atom. The van der Waals surface area contributed by atoms with E-state index in [4.69, 9.17) is 4.74 Å². The highest BCUT2D eigenvalue weighted by Gasteiger charge is 2.34. The number of carbonyl (C=O) groups excluding carboxylic acids is 2. The Morgan fingerprint density at radius 2 is 2.10 bits per heavy atom. The molecule has 21 heavy (non-hydrogen) atoms. The maximum absolute atomic E-state index is 11.5. The van der Waals surface area contributed by atoms with Gasteiger partial charge < -0.3 is 10.1 Å². The number of ether oxygens (including phenoxy) is 1. The smallest absolute Gasteiger partial charge is 0.407 e. The number of carbonyl (C=O) groups is 2. The summed E-state index contributed by atoms with van der Waals surface area (Å²) in [6, 6.07) is 0.238. The van der Waals surface area contributed by atoms with Crippen LogP contribution in [0, 0.1) is 5.92 Å². The van der Waals surface area contributed by atoms with Crippen molar-refractivity contribution in [2.45, 2.75) is 58.7 Å². The zero-order chi connectivity index (χ0) is 15.6. The Hall–Kier alpha value is -1.92. The fourth-order valence-electron chi connectivity index (χ4n) is 2.19. The second kappa shape index (κ2) is 5.83. The molecule has 7 heteroatoms. The zero-order valence-electron chi connectivity index (χ0n) is 12.9. The van der Waals surface area contributed by atoms with E-state index in [2.05, 4.69) is 15.6 Å². The highest BCUT2D eigenvalue weighted by atomic mass is 16.6. The number of rotatable bonds is 4. The van der Waals surface area contributed by atoms with Gasteiger partial charge in [-0.05, 0) is 40.5 Å². The molecule has 0 aliphatic heterocycles. The number of nitrogens with one attached hydrogen (secondary N) is 1. The van der Waals surface area contributed by atoms with Crippen LogP contribution in [0.5, 0.6) is 0 Å². The van der Waals surface area contributed by atoms with Crippen LogP contribution in [0.2, 0.25) is 0 Å². The lowest BCUT2D eigenvalue weighted by molar-refractivity contribution is -0.124. The Balaban J connectivity index is 1.79. The van der Waals surface area contributed by atoms with E-state index in [0.29, 0.717) is 5.69 Å². The van der Waals surface area contributed by atoms with Gasteiger partial charge in [0.05, 0.1) is 18.8 Å². The minimum atomic E-state index is -0.519. The van der Waals surface area contributed by atoms with Crippen LogP contribution in [0.25, 0.3) is 0 Å². The average Bonchev–Trinajstić information content (AvgIpc) is 2.70. The first-order chi connectivity index (χ1) is 9.74. The van der Waals surface area contributed by atoms with Crippen LogP contribution in [0.4, 0.5) is 4.79 Å².